The number of para-hydroxylation sites is 1. The molecule has 0 amide bonds. The van der Waals surface area contributed by atoms with Crippen LogP contribution in [0.3, 0.4) is 0 Å². The average molecular weight is 402 g/mol. The molecule has 0 bridgehead atoms. The van der Waals surface area contributed by atoms with Gasteiger partial charge in [-0.05, 0) is 30.3 Å². The number of rotatable bonds is 4. The number of anilines is 1. The molecule has 2 aromatic carbocycles. The molecule has 3 rings (SSSR count). The predicted molar refractivity (Wildman–Crippen MR) is 103 cm³/mol. The average Bonchev–Trinajstić information content (AvgIpc) is 3.00. The Morgan fingerprint density at radius 2 is 1.93 bits per heavy atom. The highest BCUT2D eigenvalue weighted by atomic mass is 35.5. The van der Waals surface area contributed by atoms with E-state index in [1.165, 1.54) is 17.9 Å². The van der Waals surface area contributed by atoms with Gasteiger partial charge < -0.3 is 19.8 Å². The Morgan fingerprint density at radius 3 is 2.59 bits per heavy atom. The third-order valence-electron chi connectivity index (χ3n) is 3.78. The maximum Gasteiger partial charge on any atom is 0.357 e. The van der Waals surface area contributed by atoms with Crippen LogP contribution in [0, 0.1) is 11.3 Å². The summed E-state index contributed by atoms with van der Waals surface area (Å²) in [5.41, 5.74) is 6.49. The van der Waals surface area contributed by atoms with E-state index in [2.05, 4.69) is 0 Å². The molecule has 2 N–H and O–H groups in total. The van der Waals surface area contributed by atoms with Gasteiger partial charge in [0.1, 0.15) is 11.8 Å². The van der Waals surface area contributed by atoms with Gasteiger partial charge in [0.2, 0.25) is 0 Å². The van der Waals surface area contributed by atoms with Crippen LogP contribution < -0.4 is 10.5 Å². The van der Waals surface area contributed by atoms with Gasteiger partial charge in [0.25, 0.3) is 0 Å². The Hall–Kier alpha value is -3.14. The zero-order valence-corrected chi connectivity index (χ0v) is 15.6. The first-order chi connectivity index (χ1) is 13.0. The summed E-state index contributed by atoms with van der Waals surface area (Å²) in [5.74, 6) is 0.0813. The molecule has 0 radical (unpaired) electrons. The first kappa shape index (κ1) is 18.6. The lowest BCUT2D eigenvalue weighted by Gasteiger charge is -2.15. The Kier molecular flexibility index (Phi) is 5.26. The van der Waals surface area contributed by atoms with Crippen molar-refractivity contribution in [2.24, 2.45) is 0 Å². The van der Waals surface area contributed by atoms with Crippen LogP contribution in [0.1, 0.15) is 16.1 Å². The molecule has 0 saturated carbocycles. The summed E-state index contributed by atoms with van der Waals surface area (Å²) in [5, 5.41) is 10.1. The quantitative estimate of drug-likeness (QED) is 0.632. The number of nitriles is 1. The molecule has 0 spiro atoms. The van der Waals surface area contributed by atoms with Gasteiger partial charge in [0, 0.05) is 11.2 Å². The van der Waals surface area contributed by atoms with Crippen LogP contribution in [0.4, 0.5) is 5.69 Å². The van der Waals surface area contributed by atoms with Crippen molar-refractivity contribution in [3.8, 4) is 23.3 Å². The number of hydrogen-bond acceptors (Lipinski definition) is 5. The SMILES string of the molecule is COC(=O)c1c(N)c(C#N)cn1-c1cc(Cl)ccc1Oc1ccccc1Cl. The lowest BCUT2D eigenvalue weighted by molar-refractivity contribution is 0.0593. The Morgan fingerprint density at radius 1 is 1.19 bits per heavy atom. The van der Waals surface area contributed by atoms with Gasteiger partial charge in [-0.3, -0.25) is 0 Å². The number of carbonyl (C=O) groups is 1. The fourth-order valence-electron chi connectivity index (χ4n) is 2.52. The molecule has 1 aromatic heterocycles. The molecule has 0 fully saturated rings. The number of ether oxygens (including phenoxy) is 2. The maximum absolute atomic E-state index is 12.2. The maximum atomic E-state index is 12.2. The van der Waals surface area contributed by atoms with Gasteiger partial charge in [-0.25, -0.2) is 4.79 Å². The van der Waals surface area contributed by atoms with Gasteiger partial charge in [-0.15, -0.1) is 0 Å². The van der Waals surface area contributed by atoms with Crippen LogP contribution in [-0.2, 0) is 4.74 Å². The fraction of sp³-hybridized carbons (Fsp3) is 0.0526. The fourth-order valence-corrected chi connectivity index (χ4v) is 2.86. The standard InChI is InChI=1S/C19H13Cl2N3O3/c1-26-19(25)18-17(23)11(9-22)10-24(18)14-8-12(20)6-7-16(14)27-15-5-3-2-4-13(15)21/h2-8,10H,23H2,1H3. The zero-order chi connectivity index (χ0) is 19.6. The minimum atomic E-state index is -0.697. The third kappa shape index (κ3) is 3.56. The van der Waals surface area contributed by atoms with E-state index in [1.807, 2.05) is 6.07 Å². The Bertz CT molecular complexity index is 1070. The summed E-state index contributed by atoms with van der Waals surface area (Å²) in [6.07, 6.45) is 1.42. The van der Waals surface area contributed by atoms with Crippen molar-refractivity contribution < 1.29 is 14.3 Å². The molecule has 0 atom stereocenters. The smallest absolute Gasteiger partial charge is 0.357 e. The number of aromatic nitrogens is 1. The molecular formula is C19H13Cl2N3O3. The normalized spacial score (nSPS) is 10.3. The van der Waals surface area contributed by atoms with Crippen LogP contribution in [0.15, 0.2) is 48.7 Å². The second kappa shape index (κ2) is 7.62. The summed E-state index contributed by atoms with van der Waals surface area (Å²) in [6.45, 7) is 0. The van der Waals surface area contributed by atoms with E-state index in [4.69, 9.17) is 38.4 Å². The van der Waals surface area contributed by atoms with E-state index in [1.54, 1.807) is 42.5 Å². The van der Waals surface area contributed by atoms with Crippen molar-refractivity contribution in [2.75, 3.05) is 12.8 Å². The minimum Gasteiger partial charge on any atom is -0.464 e. The van der Waals surface area contributed by atoms with Gasteiger partial charge in [-0.2, -0.15) is 5.26 Å². The molecule has 0 saturated heterocycles. The number of hydrogen-bond donors (Lipinski definition) is 1. The number of esters is 1. The zero-order valence-electron chi connectivity index (χ0n) is 14.1. The second-order valence-corrected chi connectivity index (χ2v) is 6.27. The molecule has 136 valence electrons. The first-order valence-electron chi connectivity index (χ1n) is 7.67. The molecule has 0 aliphatic rings. The van der Waals surface area contributed by atoms with Crippen LogP contribution in [0.25, 0.3) is 5.69 Å². The molecular weight excluding hydrogens is 389 g/mol. The van der Waals surface area contributed by atoms with Crippen LogP contribution in [0.5, 0.6) is 11.5 Å². The summed E-state index contributed by atoms with van der Waals surface area (Å²) < 4.78 is 12.1. The predicted octanol–water partition coefficient (Wildman–Crippen LogP) is 4.82. The van der Waals surface area contributed by atoms with Gasteiger partial charge in [0.05, 0.1) is 29.1 Å². The monoisotopic (exact) mass is 401 g/mol. The minimum absolute atomic E-state index is 0.000301. The lowest BCUT2D eigenvalue weighted by atomic mass is 10.2. The van der Waals surface area contributed by atoms with E-state index in [0.29, 0.717) is 27.2 Å². The highest BCUT2D eigenvalue weighted by Crippen LogP contribution is 2.36. The van der Waals surface area contributed by atoms with E-state index in [9.17, 15) is 10.1 Å². The molecule has 0 aliphatic carbocycles. The van der Waals surface area contributed by atoms with E-state index < -0.39 is 5.97 Å². The molecule has 0 aliphatic heterocycles. The summed E-state index contributed by atoms with van der Waals surface area (Å²) >= 11 is 12.3. The number of nitrogens with zero attached hydrogens (tertiary/aromatic N) is 2. The lowest BCUT2D eigenvalue weighted by Crippen LogP contribution is -2.11. The molecule has 1 heterocycles. The van der Waals surface area contributed by atoms with E-state index in [0.717, 1.165) is 0 Å². The summed E-state index contributed by atoms with van der Waals surface area (Å²) in [4.78, 5) is 12.2. The summed E-state index contributed by atoms with van der Waals surface area (Å²) in [6, 6.07) is 13.7. The molecule has 6 nitrogen and oxygen atoms in total. The second-order valence-electron chi connectivity index (χ2n) is 5.42. The van der Waals surface area contributed by atoms with E-state index >= 15 is 0 Å². The number of methoxy groups -OCH3 is 1. The van der Waals surface area contributed by atoms with Crippen LogP contribution in [-0.4, -0.2) is 17.6 Å². The molecule has 3 aromatic rings. The van der Waals surface area contributed by atoms with Crippen molar-refractivity contribution in [2.45, 2.75) is 0 Å². The number of nitrogens with two attached hydrogens (primary N) is 1. The van der Waals surface area contributed by atoms with Gasteiger partial charge in [0.15, 0.2) is 11.4 Å². The topological polar surface area (TPSA) is 90.3 Å². The van der Waals surface area contributed by atoms with Crippen LogP contribution >= 0.6 is 23.2 Å². The highest BCUT2D eigenvalue weighted by molar-refractivity contribution is 6.32. The van der Waals surface area contributed by atoms with Crippen molar-refractivity contribution in [3.63, 3.8) is 0 Å². The number of benzene rings is 2. The number of nitrogen functional groups attached to an aromatic ring is 1. The number of halogens is 2. The van der Waals surface area contributed by atoms with E-state index in [-0.39, 0.29) is 16.9 Å². The van der Waals surface area contributed by atoms with Crippen LogP contribution in [0.2, 0.25) is 10.0 Å². The Labute approximate surface area is 165 Å². The van der Waals surface area contributed by atoms with Gasteiger partial charge in [-0.1, -0.05) is 35.3 Å². The third-order valence-corrected chi connectivity index (χ3v) is 4.33. The highest BCUT2D eigenvalue weighted by Gasteiger charge is 2.24. The molecule has 27 heavy (non-hydrogen) atoms. The van der Waals surface area contributed by atoms with Crippen molar-refractivity contribution in [1.29, 1.82) is 5.26 Å². The van der Waals surface area contributed by atoms with Crippen molar-refractivity contribution in [3.05, 3.63) is 70.0 Å². The molecule has 0 unspecified atom stereocenters. The molecule has 8 heteroatoms. The summed E-state index contributed by atoms with van der Waals surface area (Å²) in [7, 11) is 1.23. The van der Waals surface area contributed by atoms with Gasteiger partial charge >= 0.3 is 5.97 Å². The first-order valence-corrected chi connectivity index (χ1v) is 8.43. The van der Waals surface area contributed by atoms with Crippen molar-refractivity contribution >= 4 is 34.9 Å². The van der Waals surface area contributed by atoms with Crippen molar-refractivity contribution in [1.82, 2.24) is 4.57 Å². The Balaban J connectivity index is 2.21. The number of carbonyl (C=O) groups excluding carboxylic acids is 1. The largest absolute Gasteiger partial charge is 0.464 e.